The Morgan fingerprint density at radius 1 is 1.42 bits per heavy atom. The third-order valence-corrected chi connectivity index (χ3v) is 6.19. The van der Waals surface area contributed by atoms with Crippen LogP contribution >= 0.6 is 23.5 Å². The molecular formula is C11H15N5OS2. The van der Waals surface area contributed by atoms with Gasteiger partial charge in [-0.3, -0.25) is 4.68 Å². The molecule has 0 bridgehead atoms. The molecule has 1 aliphatic heterocycles. The first kappa shape index (κ1) is 12.9. The summed E-state index contributed by atoms with van der Waals surface area (Å²) in [6.45, 7) is 2.20. The molecule has 0 saturated carbocycles. The Morgan fingerprint density at radius 3 is 2.89 bits per heavy atom. The predicted molar refractivity (Wildman–Crippen MR) is 78.0 cm³/mol. The summed E-state index contributed by atoms with van der Waals surface area (Å²) < 4.78 is 6.92. The minimum atomic E-state index is 0.286. The molecule has 3 heterocycles. The first-order valence-corrected chi connectivity index (χ1v) is 8.11. The average Bonchev–Trinajstić information content (AvgIpc) is 2.99. The van der Waals surface area contributed by atoms with E-state index in [-0.39, 0.29) is 5.25 Å². The van der Waals surface area contributed by atoms with Crippen molar-refractivity contribution in [1.29, 1.82) is 0 Å². The third-order valence-electron chi connectivity index (χ3n) is 3.10. The lowest BCUT2D eigenvalue weighted by atomic mass is 10.3. The van der Waals surface area contributed by atoms with E-state index in [0.29, 0.717) is 22.5 Å². The number of anilines is 1. The molecule has 6 nitrogen and oxygen atoms in total. The predicted octanol–water partition coefficient (Wildman–Crippen LogP) is 1.96. The minimum Gasteiger partial charge on any atom is -0.383 e. The van der Waals surface area contributed by atoms with Gasteiger partial charge in [-0.15, -0.1) is 11.8 Å². The van der Waals surface area contributed by atoms with Crippen molar-refractivity contribution in [2.45, 2.75) is 17.4 Å². The summed E-state index contributed by atoms with van der Waals surface area (Å²) in [4.78, 5) is 4.48. The first-order valence-electron chi connectivity index (χ1n) is 6.01. The zero-order valence-electron chi connectivity index (χ0n) is 10.7. The molecule has 2 aromatic heterocycles. The van der Waals surface area contributed by atoms with Crippen LogP contribution in [0.2, 0.25) is 0 Å². The van der Waals surface area contributed by atoms with Gasteiger partial charge in [0.2, 0.25) is 0 Å². The van der Waals surface area contributed by atoms with Crippen LogP contribution in [0.1, 0.15) is 18.0 Å². The molecule has 3 rings (SSSR count). The van der Waals surface area contributed by atoms with Gasteiger partial charge in [0.1, 0.15) is 11.4 Å². The monoisotopic (exact) mass is 297 g/mol. The van der Waals surface area contributed by atoms with Gasteiger partial charge in [0.15, 0.2) is 5.82 Å². The van der Waals surface area contributed by atoms with Crippen molar-refractivity contribution in [3.8, 4) is 11.5 Å². The highest BCUT2D eigenvalue weighted by Gasteiger charge is 2.29. The van der Waals surface area contributed by atoms with Gasteiger partial charge in [0.25, 0.3) is 5.89 Å². The molecule has 2 atom stereocenters. The van der Waals surface area contributed by atoms with Crippen LogP contribution in [0.4, 0.5) is 5.82 Å². The molecule has 0 radical (unpaired) electrons. The van der Waals surface area contributed by atoms with Crippen LogP contribution in [0.15, 0.2) is 10.7 Å². The van der Waals surface area contributed by atoms with Crippen molar-refractivity contribution >= 4 is 29.3 Å². The largest absolute Gasteiger partial charge is 0.383 e. The lowest BCUT2D eigenvalue weighted by Crippen LogP contribution is -2.16. The molecule has 2 N–H and O–H groups in total. The van der Waals surface area contributed by atoms with Gasteiger partial charge in [-0.25, -0.2) is 0 Å². The van der Waals surface area contributed by atoms with Crippen molar-refractivity contribution in [1.82, 2.24) is 19.9 Å². The topological polar surface area (TPSA) is 82.8 Å². The Balaban J connectivity index is 1.89. The van der Waals surface area contributed by atoms with Crippen molar-refractivity contribution in [2.24, 2.45) is 7.05 Å². The van der Waals surface area contributed by atoms with Crippen LogP contribution in [-0.2, 0) is 7.05 Å². The van der Waals surface area contributed by atoms with E-state index in [0.717, 1.165) is 11.6 Å². The van der Waals surface area contributed by atoms with Crippen LogP contribution in [-0.4, -0.2) is 36.7 Å². The van der Waals surface area contributed by atoms with E-state index >= 15 is 0 Å². The van der Waals surface area contributed by atoms with Crippen LogP contribution in [0.3, 0.4) is 0 Å². The van der Waals surface area contributed by atoms with E-state index in [2.05, 4.69) is 22.2 Å². The molecule has 0 aliphatic carbocycles. The second-order valence-electron chi connectivity index (χ2n) is 4.39. The Bertz CT molecular complexity index is 581. The van der Waals surface area contributed by atoms with Gasteiger partial charge in [0, 0.05) is 23.8 Å². The molecule has 19 heavy (non-hydrogen) atoms. The Labute approximate surface area is 119 Å². The number of nitrogens with two attached hydrogens (primary N) is 1. The van der Waals surface area contributed by atoms with Gasteiger partial charge < -0.3 is 10.3 Å². The van der Waals surface area contributed by atoms with E-state index in [1.807, 2.05) is 23.5 Å². The summed E-state index contributed by atoms with van der Waals surface area (Å²) in [5, 5.41) is 8.97. The smallest absolute Gasteiger partial charge is 0.263 e. The number of rotatable bonds is 2. The van der Waals surface area contributed by atoms with Crippen LogP contribution in [0.5, 0.6) is 0 Å². The van der Waals surface area contributed by atoms with Crippen LogP contribution in [0, 0.1) is 0 Å². The second-order valence-corrected chi connectivity index (χ2v) is 7.13. The van der Waals surface area contributed by atoms with Crippen molar-refractivity contribution < 1.29 is 4.52 Å². The maximum atomic E-state index is 5.91. The average molecular weight is 297 g/mol. The van der Waals surface area contributed by atoms with Crippen molar-refractivity contribution in [3.63, 3.8) is 0 Å². The highest BCUT2D eigenvalue weighted by atomic mass is 32.2. The summed E-state index contributed by atoms with van der Waals surface area (Å²) in [5.74, 6) is 4.04. The Kier molecular flexibility index (Phi) is 3.44. The van der Waals surface area contributed by atoms with Crippen molar-refractivity contribution in [2.75, 3.05) is 17.2 Å². The maximum absolute atomic E-state index is 5.91. The zero-order chi connectivity index (χ0) is 13.4. The fraction of sp³-hybridized carbons (Fsp3) is 0.545. The molecule has 1 fully saturated rings. The van der Waals surface area contributed by atoms with Gasteiger partial charge in [0.05, 0.1) is 11.4 Å². The second kappa shape index (κ2) is 5.09. The molecule has 102 valence electrons. The molecule has 2 aromatic rings. The number of thioether (sulfide) groups is 2. The summed E-state index contributed by atoms with van der Waals surface area (Å²) in [5.41, 5.74) is 6.61. The number of nitrogens with zero attached hydrogens (tertiary/aromatic N) is 4. The maximum Gasteiger partial charge on any atom is 0.263 e. The van der Waals surface area contributed by atoms with Crippen LogP contribution in [0.25, 0.3) is 11.5 Å². The van der Waals surface area contributed by atoms with Crippen molar-refractivity contribution in [3.05, 3.63) is 12.0 Å². The summed E-state index contributed by atoms with van der Waals surface area (Å²) in [6, 6.07) is 0. The summed E-state index contributed by atoms with van der Waals surface area (Å²) in [6.07, 6.45) is 1.65. The molecule has 1 saturated heterocycles. The normalized spacial score (nSPS) is 23.7. The molecule has 8 heteroatoms. The van der Waals surface area contributed by atoms with Crippen LogP contribution < -0.4 is 5.73 Å². The fourth-order valence-electron chi connectivity index (χ4n) is 1.99. The minimum absolute atomic E-state index is 0.286. The zero-order valence-corrected chi connectivity index (χ0v) is 12.4. The lowest BCUT2D eigenvalue weighted by molar-refractivity contribution is 0.422. The summed E-state index contributed by atoms with van der Waals surface area (Å²) in [7, 11) is 1.78. The Morgan fingerprint density at radius 2 is 2.21 bits per heavy atom. The highest BCUT2D eigenvalue weighted by Crippen LogP contribution is 2.41. The molecular weight excluding hydrogens is 282 g/mol. The first-order chi connectivity index (χ1) is 9.16. The highest BCUT2D eigenvalue weighted by molar-refractivity contribution is 8.06. The van der Waals surface area contributed by atoms with Gasteiger partial charge in [-0.2, -0.15) is 21.8 Å². The Hall–Kier alpha value is -1.15. The standard InChI is InChI=1S/C11H15N5OS2/c1-6-8(19-4-3-18-6)10-14-11(17-15-10)7-5-13-16(2)9(7)12/h5-6,8H,3-4,12H2,1-2H3. The van der Waals surface area contributed by atoms with E-state index in [1.54, 1.807) is 17.9 Å². The molecule has 0 amide bonds. The quantitative estimate of drug-likeness (QED) is 0.907. The van der Waals surface area contributed by atoms with E-state index in [4.69, 9.17) is 10.3 Å². The SMILES string of the molecule is CC1SCCSC1c1noc(-c2cnn(C)c2N)n1. The van der Waals surface area contributed by atoms with Gasteiger partial charge in [-0.05, 0) is 0 Å². The molecule has 0 spiro atoms. The number of aromatic nitrogens is 4. The van der Waals surface area contributed by atoms with E-state index in [1.165, 1.54) is 5.75 Å². The number of aryl methyl sites for hydroxylation is 1. The third kappa shape index (κ3) is 2.34. The lowest BCUT2D eigenvalue weighted by Gasteiger charge is -2.24. The summed E-state index contributed by atoms with van der Waals surface area (Å²) >= 11 is 3.83. The molecule has 2 unspecified atom stereocenters. The van der Waals surface area contributed by atoms with Gasteiger partial charge in [-0.1, -0.05) is 12.1 Å². The number of nitrogen functional groups attached to an aromatic ring is 1. The molecule has 0 aromatic carbocycles. The number of hydrogen-bond donors (Lipinski definition) is 1. The number of hydrogen-bond acceptors (Lipinski definition) is 7. The van der Waals surface area contributed by atoms with E-state index < -0.39 is 0 Å². The van der Waals surface area contributed by atoms with E-state index in [9.17, 15) is 0 Å². The van der Waals surface area contributed by atoms with Gasteiger partial charge >= 0.3 is 0 Å². The molecule has 1 aliphatic rings. The fourth-order valence-corrected chi connectivity index (χ4v) is 4.67.